The first kappa shape index (κ1) is 29.1. The van der Waals surface area contributed by atoms with E-state index in [2.05, 4.69) is 21.3 Å². The summed E-state index contributed by atoms with van der Waals surface area (Å²) < 4.78 is 5.23. The van der Waals surface area contributed by atoms with Crippen molar-refractivity contribution in [1.29, 1.82) is 0 Å². The Hall–Kier alpha value is -4.12. The average molecular weight is 514 g/mol. The molecule has 0 radical (unpaired) electrons. The van der Waals surface area contributed by atoms with Gasteiger partial charge in [-0.3, -0.25) is 9.59 Å². The van der Waals surface area contributed by atoms with Gasteiger partial charge in [-0.05, 0) is 42.0 Å². The molecule has 0 bridgehead atoms. The number of anilines is 1. The molecule has 0 aliphatic rings. The molecule has 11 nitrogen and oxygen atoms in total. The molecule has 0 aliphatic carbocycles. The van der Waals surface area contributed by atoms with E-state index in [4.69, 9.17) is 10.5 Å². The molecule has 200 valence electrons. The van der Waals surface area contributed by atoms with Crippen molar-refractivity contribution in [3.8, 4) is 0 Å². The number of nitrogens with two attached hydrogens (primary N) is 1. The van der Waals surface area contributed by atoms with Gasteiger partial charge in [0.05, 0.1) is 6.61 Å². The number of rotatable bonds is 13. The molecule has 1 unspecified atom stereocenters. The van der Waals surface area contributed by atoms with Crippen molar-refractivity contribution in [2.75, 3.05) is 11.9 Å². The summed E-state index contributed by atoms with van der Waals surface area (Å²) in [6, 6.07) is 13.1. The zero-order chi connectivity index (χ0) is 27.2. The Bertz CT molecular complexity index is 1030. The second kappa shape index (κ2) is 15.1. The van der Waals surface area contributed by atoms with Crippen molar-refractivity contribution in [1.82, 2.24) is 16.0 Å². The predicted octanol–water partition coefficient (Wildman–Crippen LogP) is 2.00. The number of carbonyl (C=O) groups excluding carboxylic acids is 4. The maximum absolute atomic E-state index is 13.1. The summed E-state index contributed by atoms with van der Waals surface area (Å²) in [6.07, 6.45) is -0.187. The van der Waals surface area contributed by atoms with Gasteiger partial charge in [0.1, 0.15) is 18.7 Å². The summed E-state index contributed by atoms with van der Waals surface area (Å²) in [5.41, 5.74) is 7.06. The quantitative estimate of drug-likeness (QED) is 0.224. The summed E-state index contributed by atoms with van der Waals surface area (Å²) in [7, 11) is 0. The van der Waals surface area contributed by atoms with Crippen LogP contribution in [0.2, 0.25) is 0 Å². The normalized spacial score (nSPS) is 12.2. The van der Waals surface area contributed by atoms with E-state index in [0.717, 1.165) is 5.56 Å². The molecule has 5 amide bonds. The Kier molecular flexibility index (Phi) is 11.9. The first-order valence-corrected chi connectivity index (χ1v) is 12.0. The zero-order valence-corrected chi connectivity index (χ0v) is 21.0. The van der Waals surface area contributed by atoms with E-state index in [9.17, 15) is 24.3 Å². The average Bonchev–Trinajstić information content (AvgIpc) is 2.88. The molecule has 37 heavy (non-hydrogen) atoms. The van der Waals surface area contributed by atoms with E-state index >= 15 is 0 Å². The summed E-state index contributed by atoms with van der Waals surface area (Å²) in [5, 5.41) is 19.7. The third-order valence-electron chi connectivity index (χ3n) is 5.44. The van der Waals surface area contributed by atoms with E-state index in [1.165, 1.54) is 0 Å². The number of urea groups is 1. The standard InChI is InChI=1S/C26H35N5O6/c1-17(2)22(31-26(36)37-16-19-7-4-3-5-8-19)24(34)30-21(9-6-14-28-25(27)35)23(33)29-20-12-10-18(15-32)11-13-20/h3-5,7-8,10-13,17,21-22,32H,6,9,14-16H2,1-2H3,(H,29,33)(H,30,34)(H,31,36)(H3,27,28,35)/t21?,22-/m0/s1. The van der Waals surface area contributed by atoms with Crippen LogP contribution in [0.25, 0.3) is 0 Å². The second-order valence-corrected chi connectivity index (χ2v) is 8.77. The molecule has 2 aromatic carbocycles. The minimum absolute atomic E-state index is 0.0477. The van der Waals surface area contributed by atoms with Gasteiger partial charge in [-0.15, -0.1) is 0 Å². The van der Waals surface area contributed by atoms with Gasteiger partial charge in [0.2, 0.25) is 11.8 Å². The number of amides is 5. The first-order valence-electron chi connectivity index (χ1n) is 12.0. The lowest BCUT2D eigenvalue weighted by atomic mass is 10.0. The van der Waals surface area contributed by atoms with Crippen molar-refractivity contribution in [3.63, 3.8) is 0 Å². The van der Waals surface area contributed by atoms with Gasteiger partial charge in [-0.1, -0.05) is 56.3 Å². The summed E-state index contributed by atoms with van der Waals surface area (Å²) in [4.78, 5) is 49.4. The molecule has 0 fully saturated rings. The fourth-order valence-corrected chi connectivity index (χ4v) is 3.40. The molecule has 0 aliphatic heterocycles. The molecular formula is C26H35N5O6. The number of primary amides is 1. The van der Waals surface area contributed by atoms with Crippen LogP contribution in [0.15, 0.2) is 54.6 Å². The molecular weight excluding hydrogens is 478 g/mol. The summed E-state index contributed by atoms with van der Waals surface area (Å²) in [6.45, 7) is 3.66. The Labute approximate surface area is 216 Å². The molecule has 0 saturated heterocycles. The molecule has 0 heterocycles. The van der Waals surface area contributed by atoms with Crippen molar-refractivity contribution < 1.29 is 29.0 Å². The number of hydrogen-bond acceptors (Lipinski definition) is 6. The topological polar surface area (TPSA) is 172 Å². The van der Waals surface area contributed by atoms with Gasteiger partial charge < -0.3 is 36.8 Å². The van der Waals surface area contributed by atoms with E-state index in [-0.39, 0.29) is 32.1 Å². The fraction of sp³-hybridized carbons (Fsp3) is 0.385. The number of benzene rings is 2. The Morgan fingerprint density at radius 1 is 0.919 bits per heavy atom. The molecule has 0 aromatic heterocycles. The monoisotopic (exact) mass is 513 g/mol. The van der Waals surface area contributed by atoms with Gasteiger partial charge in [0, 0.05) is 12.2 Å². The molecule has 7 N–H and O–H groups in total. The van der Waals surface area contributed by atoms with Gasteiger partial charge >= 0.3 is 12.1 Å². The highest BCUT2D eigenvalue weighted by Gasteiger charge is 2.29. The van der Waals surface area contributed by atoms with Crippen LogP contribution in [-0.4, -0.2) is 47.7 Å². The Morgan fingerprint density at radius 3 is 2.19 bits per heavy atom. The third kappa shape index (κ3) is 10.6. The third-order valence-corrected chi connectivity index (χ3v) is 5.44. The van der Waals surface area contributed by atoms with E-state index in [0.29, 0.717) is 17.7 Å². The number of carbonyl (C=O) groups is 4. The lowest BCUT2D eigenvalue weighted by Gasteiger charge is -2.25. The van der Waals surface area contributed by atoms with Crippen LogP contribution in [0.3, 0.4) is 0 Å². The zero-order valence-electron chi connectivity index (χ0n) is 21.0. The lowest BCUT2D eigenvalue weighted by molar-refractivity contribution is -0.128. The molecule has 2 rings (SSSR count). The van der Waals surface area contributed by atoms with E-state index in [1.807, 2.05) is 30.3 Å². The first-order chi connectivity index (χ1) is 17.7. The van der Waals surface area contributed by atoms with Gasteiger partial charge in [0.25, 0.3) is 0 Å². The van der Waals surface area contributed by atoms with Gasteiger partial charge in [-0.25, -0.2) is 9.59 Å². The Balaban J connectivity index is 2.04. The largest absolute Gasteiger partial charge is 0.445 e. The lowest BCUT2D eigenvalue weighted by Crippen LogP contribution is -2.54. The van der Waals surface area contributed by atoms with E-state index < -0.39 is 36.0 Å². The highest BCUT2D eigenvalue weighted by molar-refractivity contribution is 5.98. The molecule has 2 aromatic rings. The minimum atomic E-state index is -0.955. The molecule has 0 saturated carbocycles. The summed E-state index contributed by atoms with van der Waals surface area (Å²) in [5.74, 6) is -1.32. The SMILES string of the molecule is CC(C)[C@H](NC(=O)OCc1ccccc1)C(=O)NC(CCCNC(N)=O)C(=O)Nc1ccc(CO)cc1. The van der Waals surface area contributed by atoms with Crippen molar-refractivity contribution in [3.05, 3.63) is 65.7 Å². The maximum atomic E-state index is 13.1. The molecule has 2 atom stereocenters. The highest BCUT2D eigenvalue weighted by atomic mass is 16.5. The number of nitrogens with one attached hydrogen (secondary N) is 4. The second-order valence-electron chi connectivity index (χ2n) is 8.77. The van der Waals surface area contributed by atoms with Crippen LogP contribution in [0.4, 0.5) is 15.3 Å². The van der Waals surface area contributed by atoms with Crippen LogP contribution >= 0.6 is 0 Å². The summed E-state index contributed by atoms with van der Waals surface area (Å²) >= 11 is 0. The highest BCUT2D eigenvalue weighted by Crippen LogP contribution is 2.12. The number of alkyl carbamates (subject to hydrolysis) is 1. The number of hydrogen-bond donors (Lipinski definition) is 6. The van der Waals surface area contributed by atoms with Crippen LogP contribution in [0, 0.1) is 5.92 Å². The Morgan fingerprint density at radius 2 is 1.59 bits per heavy atom. The van der Waals surface area contributed by atoms with Crippen molar-refractivity contribution >= 4 is 29.6 Å². The van der Waals surface area contributed by atoms with Crippen LogP contribution in [0.1, 0.15) is 37.8 Å². The maximum Gasteiger partial charge on any atom is 0.408 e. The van der Waals surface area contributed by atoms with E-state index in [1.54, 1.807) is 38.1 Å². The van der Waals surface area contributed by atoms with Gasteiger partial charge in [0.15, 0.2) is 0 Å². The smallest absolute Gasteiger partial charge is 0.408 e. The van der Waals surface area contributed by atoms with Crippen molar-refractivity contribution in [2.45, 2.75) is 52.0 Å². The molecule has 11 heteroatoms. The van der Waals surface area contributed by atoms with Crippen LogP contribution in [0.5, 0.6) is 0 Å². The van der Waals surface area contributed by atoms with Crippen molar-refractivity contribution in [2.24, 2.45) is 11.7 Å². The minimum Gasteiger partial charge on any atom is -0.445 e. The van der Waals surface area contributed by atoms with Crippen LogP contribution in [-0.2, 0) is 27.5 Å². The molecule has 0 spiro atoms. The number of ether oxygens (including phenoxy) is 1. The van der Waals surface area contributed by atoms with Gasteiger partial charge in [-0.2, -0.15) is 0 Å². The number of aliphatic hydroxyl groups excluding tert-OH is 1. The van der Waals surface area contributed by atoms with Crippen LogP contribution < -0.4 is 27.0 Å². The number of aliphatic hydroxyl groups is 1. The predicted molar refractivity (Wildman–Crippen MR) is 138 cm³/mol. The fourth-order valence-electron chi connectivity index (χ4n) is 3.40.